The van der Waals surface area contributed by atoms with Gasteiger partial charge in [-0.1, -0.05) is 19.3 Å². The molecule has 4 nitrogen and oxygen atoms in total. The molecule has 2 aromatic rings. The van der Waals surface area contributed by atoms with E-state index in [2.05, 4.69) is 15.3 Å². The van der Waals surface area contributed by atoms with E-state index in [9.17, 15) is 4.79 Å². The molecule has 4 heteroatoms. The van der Waals surface area contributed by atoms with Gasteiger partial charge in [-0.3, -0.25) is 4.79 Å². The molecule has 0 saturated heterocycles. The fourth-order valence-electron chi connectivity index (χ4n) is 2.88. The number of imidazole rings is 1. The van der Waals surface area contributed by atoms with Crippen LogP contribution in [0.2, 0.25) is 0 Å². The Kier molecular flexibility index (Phi) is 3.23. The monoisotopic (exact) mass is 257 g/mol. The van der Waals surface area contributed by atoms with E-state index in [1.54, 1.807) is 7.05 Å². The minimum atomic E-state index is -0.0595. The zero-order valence-corrected chi connectivity index (χ0v) is 11.2. The molecule has 0 radical (unpaired) electrons. The molecule has 1 aromatic heterocycles. The molecule has 1 saturated carbocycles. The number of fused-ring (bicyclic) bond motifs is 1. The van der Waals surface area contributed by atoms with E-state index in [1.807, 2.05) is 18.2 Å². The van der Waals surface area contributed by atoms with E-state index in [0.29, 0.717) is 11.5 Å². The molecule has 1 amide bonds. The lowest BCUT2D eigenvalue weighted by molar-refractivity contribution is 0.0963. The van der Waals surface area contributed by atoms with Gasteiger partial charge in [-0.25, -0.2) is 4.98 Å². The number of hydrogen-bond donors (Lipinski definition) is 2. The van der Waals surface area contributed by atoms with Crippen LogP contribution in [0, 0.1) is 0 Å². The molecule has 0 unspecified atom stereocenters. The zero-order chi connectivity index (χ0) is 13.2. The van der Waals surface area contributed by atoms with E-state index < -0.39 is 0 Å². The van der Waals surface area contributed by atoms with Gasteiger partial charge in [-0.05, 0) is 31.0 Å². The maximum Gasteiger partial charge on any atom is 0.251 e. The third kappa shape index (κ3) is 2.35. The molecule has 2 N–H and O–H groups in total. The lowest BCUT2D eigenvalue weighted by atomic mass is 9.89. The summed E-state index contributed by atoms with van der Waals surface area (Å²) >= 11 is 0. The van der Waals surface area contributed by atoms with Crippen molar-refractivity contribution in [2.24, 2.45) is 0 Å². The first-order valence-corrected chi connectivity index (χ1v) is 6.99. The second-order valence-electron chi connectivity index (χ2n) is 5.27. The van der Waals surface area contributed by atoms with Crippen molar-refractivity contribution >= 4 is 16.9 Å². The second-order valence-corrected chi connectivity index (χ2v) is 5.27. The standard InChI is InChI=1S/C15H19N3O/c1-16-15(19)11-7-8-12-13(9-11)18-14(17-12)10-5-3-2-4-6-10/h7-10H,2-6H2,1H3,(H,16,19)(H,17,18). The summed E-state index contributed by atoms with van der Waals surface area (Å²) < 4.78 is 0. The normalized spacial score (nSPS) is 16.7. The van der Waals surface area contributed by atoms with E-state index in [0.717, 1.165) is 16.9 Å². The summed E-state index contributed by atoms with van der Waals surface area (Å²) in [5, 5.41) is 2.64. The molecule has 1 fully saturated rings. The topological polar surface area (TPSA) is 57.8 Å². The highest BCUT2D eigenvalue weighted by molar-refractivity contribution is 5.97. The summed E-state index contributed by atoms with van der Waals surface area (Å²) in [7, 11) is 1.65. The highest BCUT2D eigenvalue weighted by Gasteiger charge is 2.19. The van der Waals surface area contributed by atoms with Crippen LogP contribution in [0.25, 0.3) is 11.0 Å². The van der Waals surface area contributed by atoms with Crippen LogP contribution in [0.5, 0.6) is 0 Å². The van der Waals surface area contributed by atoms with Gasteiger partial charge in [0.1, 0.15) is 5.82 Å². The van der Waals surface area contributed by atoms with Crippen LogP contribution in [-0.4, -0.2) is 22.9 Å². The summed E-state index contributed by atoms with van der Waals surface area (Å²) in [6.45, 7) is 0. The molecule has 100 valence electrons. The van der Waals surface area contributed by atoms with Gasteiger partial charge in [-0.15, -0.1) is 0 Å². The Labute approximate surface area is 112 Å². The maximum atomic E-state index is 11.6. The predicted molar refractivity (Wildman–Crippen MR) is 75.3 cm³/mol. The van der Waals surface area contributed by atoms with Crippen molar-refractivity contribution in [3.05, 3.63) is 29.6 Å². The lowest BCUT2D eigenvalue weighted by Gasteiger charge is -2.18. The Hall–Kier alpha value is -1.84. The van der Waals surface area contributed by atoms with Crippen molar-refractivity contribution in [1.82, 2.24) is 15.3 Å². The third-order valence-electron chi connectivity index (χ3n) is 3.98. The third-order valence-corrected chi connectivity index (χ3v) is 3.98. The fourth-order valence-corrected chi connectivity index (χ4v) is 2.88. The predicted octanol–water partition coefficient (Wildman–Crippen LogP) is 2.97. The largest absolute Gasteiger partial charge is 0.355 e. The Bertz CT molecular complexity index is 596. The Balaban J connectivity index is 1.93. The SMILES string of the molecule is CNC(=O)c1ccc2nc(C3CCCCC3)[nH]c2c1. The number of hydrogen-bond acceptors (Lipinski definition) is 2. The number of aromatic amines is 1. The molecule has 19 heavy (non-hydrogen) atoms. The van der Waals surface area contributed by atoms with Crippen LogP contribution in [0.3, 0.4) is 0 Å². The van der Waals surface area contributed by atoms with Gasteiger partial charge in [0.25, 0.3) is 5.91 Å². The Morgan fingerprint density at radius 1 is 1.32 bits per heavy atom. The van der Waals surface area contributed by atoms with Gasteiger partial charge in [0.15, 0.2) is 0 Å². The average Bonchev–Trinajstić information content (AvgIpc) is 2.90. The highest BCUT2D eigenvalue weighted by atomic mass is 16.1. The van der Waals surface area contributed by atoms with Gasteiger partial charge in [0.05, 0.1) is 11.0 Å². The van der Waals surface area contributed by atoms with Crippen LogP contribution in [0.1, 0.15) is 54.2 Å². The number of H-pyrrole nitrogens is 1. The first kappa shape index (κ1) is 12.2. The fraction of sp³-hybridized carbons (Fsp3) is 0.467. The molecule has 1 heterocycles. The molecule has 0 aliphatic heterocycles. The first-order valence-electron chi connectivity index (χ1n) is 6.99. The van der Waals surface area contributed by atoms with Gasteiger partial charge < -0.3 is 10.3 Å². The second kappa shape index (κ2) is 5.03. The van der Waals surface area contributed by atoms with Crippen molar-refractivity contribution < 1.29 is 4.79 Å². The number of aromatic nitrogens is 2. The molecule has 0 atom stereocenters. The van der Waals surface area contributed by atoms with Crippen molar-refractivity contribution in [3.8, 4) is 0 Å². The van der Waals surface area contributed by atoms with Crippen molar-refractivity contribution in [2.45, 2.75) is 38.0 Å². The van der Waals surface area contributed by atoms with Crippen LogP contribution >= 0.6 is 0 Å². The van der Waals surface area contributed by atoms with Crippen molar-refractivity contribution in [2.75, 3.05) is 7.05 Å². The Morgan fingerprint density at radius 2 is 2.11 bits per heavy atom. The number of amides is 1. The molecule has 3 rings (SSSR count). The smallest absolute Gasteiger partial charge is 0.251 e. The van der Waals surface area contributed by atoms with E-state index in [1.165, 1.54) is 32.1 Å². The number of nitrogens with one attached hydrogen (secondary N) is 2. The van der Waals surface area contributed by atoms with Crippen LogP contribution < -0.4 is 5.32 Å². The lowest BCUT2D eigenvalue weighted by Crippen LogP contribution is -2.17. The Morgan fingerprint density at radius 3 is 2.84 bits per heavy atom. The van der Waals surface area contributed by atoms with Gasteiger partial charge in [0, 0.05) is 18.5 Å². The molecular weight excluding hydrogens is 238 g/mol. The minimum absolute atomic E-state index is 0.0595. The van der Waals surface area contributed by atoms with E-state index >= 15 is 0 Å². The van der Waals surface area contributed by atoms with Crippen molar-refractivity contribution in [1.29, 1.82) is 0 Å². The molecule has 0 spiro atoms. The van der Waals surface area contributed by atoms with Crippen LogP contribution in [0.15, 0.2) is 18.2 Å². The highest BCUT2D eigenvalue weighted by Crippen LogP contribution is 2.32. The zero-order valence-electron chi connectivity index (χ0n) is 11.2. The quantitative estimate of drug-likeness (QED) is 0.869. The van der Waals surface area contributed by atoms with Crippen LogP contribution in [-0.2, 0) is 0 Å². The molecule has 1 aromatic carbocycles. The molecular formula is C15H19N3O. The average molecular weight is 257 g/mol. The summed E-state index contributed by atoms with van der Waals surface area (Å²) in [6.07, 6.45) is 6.39. The summed E-state index contributed by atoms with van der Waals surface area (Å²) in [5.41, 5.74) is 2.59. The number of carbonyl (C=O) groups is 1. The first-order chi connectivity index (χ1) is 9.28. The van der Waals surface area contributed by atoms with Crippen molar-refractivity contribution in [3.63, 3.8) is 0 Å². The van der Waals surface area contributed by atoms with Gasteiger partial charge in [0.2, 0.25) is 0 Å². The number of carbonyl (C=O) groups excluding carboxylic acids is 1. The molecule has 1 aliphatic rings. The summed E-state index contributed by atoms with van der Waals surface area (Å²) in [6, 6.07) is 5.63. The summed E-state index contributed by atoms with van der Waals surface area (Å²) in [4.78, 5) is 19.7. The van der Waals surface area contributed by atoms with E-state index in [-0.39, 0.29) is 5.91 Å². The van der Waals surface area contributed by atoms with Gasteiger partial charge in [-0.2, -0.15) is 0 Å². The van der Waals surface area contributed by atoms with E-state index in [4.69, 9.17) is 0 Å². The summed E-state index contributed by atoms with van der Waals surface area (Å²) in [5.74, 6) is 1.59. The number of benzene rings is 1. The van der Waals surface area contributed by atoms with Crippen LogP contribution in [0.4, 0.5) is 0 Å². The maximum absolute atomic E-state index is 11.6. The molecule has 1 aliphatic carbocycles. The minimum Gasteiger partial charge on any atom is -0.355 e. The number of rotatable bonds is 2. The van der Waals surface area contributed by atoms with Gasteiger partial charge >= 0.3 is 0 Å². The molecule has 0 bridgehead atoms. The number of nitrogens with zero attached hydrogens (tertiary/aromatic N) is 1.